The summed E-state index contributed by atoms with van der Waals surface area (Å²) in [5.41, 5.74) is 4.64. The number of fused-ring (bicyclic) bond motifs is 1. The number of carbonyl (C=O) groups is 1. The van der Waals surface area contributed by atoms with Crippen molar-refractivity contribution in [2.75, 3.05) is 25.6 Å². The zero-order valence-electron chi connectivity index (χ0n) is 15.3. The highest BCUT2D eigenvalue weighted by Gasteiger charge is 2.13. The number of methoxy groups -OCH3 is 1. The molecule has 2 N–H and O–H groups in total. The van der Waals surface area contributed by atoms with E-state index in [1.165, 1.54) is 0 Å². The molecule has 0 saturated heterocycles. The van der Waals surface area contributed by atoms with Gasteiger partial charge in [-0.25, -0.2) is 4.98 Å². The number of aromatic nitrogens is 1. The highest BCUT2D eigenvalue weighted by molar-refractivity contribution is 6.07. The SMILES string of the molecule is COCCNC(=O)c1cc(Nc2cc(C)ccc2C)nc2ccccc12. The Labute approximate surface area is 153 Å². The summed E-state index contributed by atoms with van der Waals surface area (Å²) in [6.07, 6.45) is 0. The molecule has 1 aromatic heterocycles. The van der Waals surface area contributed by atoms with Crippen LogP contribution in [0.25, 0.3) is 10.9 Å². The number of amides is 1. The average molecular weight is 349 g/mol. The number of aryl methyl sites for hydroxylation is 2. The summed E-state index contributed by atoms with van der Waals surface area (Å²) in [6, 6.07) is 15.7. The fourth-order valence-electron chi connectivity index (χ4n) is 2.80. The molecule has 1 heterocycles. The molecular formula is C21H23N3O2. The molecule has 26 heavy (non-hydrogen) atoms. The second-order valence-corrected chi connectivity index (χ2v) is 6.26. The van der Waals surface area contributed by atoms with Gasteiger partial charge in [0.15, 0.2) is 0 Å². The summed E-state index contributed by atoms with van der Waals surface area (Å²) in [5, 5.41) is 7.06. The summed E-state index contributed by atoms with van der Waals surface area (Å²) >= 11 is 0. The maximum atomic E-state index is 12.6. The van der Waals surface area contributed by atoms with Crippen molar-refractivity contribution in [2.24, 2.45) is 0 Å². The Balaban J connectivity index is 1.98. The Bertz CT molecular complexity index is 938. The molecule has 1 amide bonds. The third-order valence-electron chi connectivity index (χ3n) is 4.21. The van der Waals surface area contributed by atoms with Gasteiger partial charge in [-0.3, -0.25) is 4.79 Å². The van der Waals surface area contributed by atoms with Gasteiger partial charge >= 0.3 is 0 Å². The first-order chi connectivity index (χ1) is 12.6. The molecule has 5 nitrogen and oxygen atoms in total. The summed E-state index contributed by atoms with van der Waals surface area (Å²) in [4.78, 5) is 17.3. The van der Waals surface area contributed by atoms with Gasteiger partial charge in [-0.1, -0.05) is 30.3 Å². The van der Waals surface area contributed by atoms with E-state index in [2.05, 4.69) is 33.8 Å². The Hall–Kier alpha value is -2.92. The second kappa shape index (κ2) is 7.97. The van der Waals surface area contributed by atoms with Gasteiger partial charge in [0.25, 0.3) is 5.91 Å². The van der Waals surface area contributed by atoms with Crippen LogP contribution < -0.4 is 10.6 Å². The van der Waals surface area contributed by atoms with E-state index < -0.39 is 0 Å². The Morgan fingerprint density at radius 1 is 1.12 bits per heavy atom. The van der Waals surface area contributed by atoms with Gasteiger partial charge in [0.05, 0.1) is 17.7 Å². The van der Waals surface area contributed by atoms with Crippen LogP contribution in [0.4, 0.5) is 11.5 Å². The third kappa shape index (κ3) is 4.00. The molecule has 0 radical (unpaired) electrons. The van der Waals surface area contributed by atoms with Gasteiger partial charge in [-0.2, -0.15) is 0 Å². The summed E-state index contributed by atoms with van der Waals surface area (Å²) < 4.78 is 5.00. The van der Waals surface area contributed by atoms with Crippen molar-refractivity contribution in [1.29, 1.82) is 0 Å². The van der Waals surface area contributed by atoms with Gasteiger partial charge in [-0.15, -0.1) is 0 Å². The highest BCUT2D eigenvalue weighted by atomic mass is 16.5. The van der Waals surface area contributed by atoms with Crippen LogP contribution in [0.2, 0.25) is 0 Å². The van der Waals surface area contributed by atoms with E-state index in [9.17, 15) is 4.79 Å². The van der Waals surface area contributed by atoms with Gasteiger partial charge < -0.3 is 15.4 Å². The first-order valence-corrected chi connectivity index (χ1v) is 8.59. The van der Waals surface area contributed by atoms with Gasteiger partial charge in [-0.05, 0) is 43.2 Å². The number of para-hydroxylation sites is 1. The predicted octanol–water partition coefficient (Wildman–Crippen LogP) is 3.97. The third-order valence-corrected chi connectivity index (χ3v) is 4.21. The summed E-state index contributed by atoms with van der Waals surface area (Å²) in [6.45, 7) is 5.03. The van der Waals surface area contributed by atoms with E-state index in [1.807, 2.05) is 38.1 Å². The average Bonchev–Trinajstić information content (AvgIpc) is 2.64. The van der Waals surface area contributed by atoms with E-state index in [-0.39, 0.29) is 5.91 Å². The molecule has 0 spiro atoms. The number of ether oxygens (including phenoxy) is 1. The van der Waals surface area contributed by atoms with Crippen molar-refractivity contribution in [3.63, 3.8) is 0 Å². The lowest BCUT2D eigenvalue weighted by molar-refractivity contribution is 0.0938. The number of nitrogens with one attached hydrogen (secondary N) is 2. The minimum absolute atomic E-state index is 0.135. The first kappa shape index (κ1) is 17.9. The van der Waals surface area contributed by atoms with Crippen molar-refractivity contribution >= 4 is 28.3 Å². The molecule has 3 rings (SSSR count). The van der Waals surface area contributed by atoms with Crippen LogP contribution in [-0.2, 0) is 4.74 Å². The zero-order chi connectivity index (χ0) is 18.5. The second-order valence-electron chi connectivity index (χ2n) is 6.26. The van der Waals surface area contributed by atoms with Gasteiger partial charge in [0, 0.05) is 24.7 Å². The quantitative estimate of drug-likeness (QED) is 0.661. The molecule has 3 aromatic rings. The zero-order valence-corrected chi connectivity index (χ0v) is 15.3. The van der Waals surface area contributed by atoms with Crippen LogP contribution in [0.5, 0.6) is 0 Å². The van der Waals surface area contributed by atoms with Crippen LogP contribution in [-0.4, -0.2) is 31.2 Å². The van der Waals surface area contributed by atoms with Crippen LogP contribution in [0.3, 0.4) is 0 Å². The number of benzene rings is 2. The van der Waals surface area contributed by atoms with Crippen molar-refractivity contribution in [3.05, 3.63) is 65.2 Å². The topological polar surface area (TPSA) is 63.2 Å². The molecule has 0 fully saturated rings. The molecule has 0 unspecified atom stereocenters. The molecule has 0 saturated carbocycles. The fourth-order valence-corrected chi connectivity index (χ4v) is 2.80. The van der Waals surface area contributed by atoms with E-state index >= 15 is 0 Å². The van der Waals surface area contributed by atoms with Gasteiger partial charge in [0.2, 0.25) is 0 Å². The maximum absolute atomic E-state index is 12.6. The van der Waals surface area contributed by atoms with E-state index in [1.54, 1.807) is 13.2 Å². The molecule has 2 aromatic carbocycles. The molecule has 0 aliphatic rings. The minimum atomic E-state index is -0.135. The molecule has 0 atom stereocenters. The number of anilines is 2. The lowest BCUT2D eigenvalue weighted by Crippen LogP contribution is -2.27. The monoisotopic (exact) mass is 349 g/mol. The number of nitrogens with zero attached hydrogens (tertiary/aromatic N) is 1. The van der Waals surface area contributed by atoms with Crippen LogP contribution in [0.1, 0.15) is 21.5 Å². The fraction of sp³-hybridized carbons (Fsp3) is 0.238. The van der Waals surface area contributed by atoms with E-state index in [0.29, 0.717) is 24.5 Å². The minimum Gasteiger partial charge on any atom is -0.383 e. The normalized spacial score (nSPS) is 10.7. The van der Waals surface area contributed by atoms with Crippen molar-refractivity contribution in [3.8, 4) is 0 Å². The highest BCUT2D eigenvalue weighted by Crippen LogP contribution is 2.25. The lowest BCUT2D eigenvalue weighted by atomic mass is 10.1. The Kier molecular flexibility index (Phi) is 5.49. The molecule has 134 valence electrons. The number of hydrogen-bond acceptors (Lipinski definition) is 4. The molecular weight excluding hydrogens is 326 g/mol. The number of carbonyl (C=O) groups excluding carboxylic acids is 1. The Morgan fingerprint density at radius 3 is 2.73 bits per heavy atom. The van der Waals surface area contributed by atoms with Crippen molar-refractivity contribution < 1.29 is 9.53 Å². The van der Waals surface area contributed by atoms with Crippen molar-refractivity contribution in [1.82, 2.24) is 10.3 Å². The smallest absolute Gasteiger partial charge is 0.252 e. The summed E-state index contributed by atoms with van der Waals surface area (Å²) in [7, 11) is 1.61. The molecule has 0 aliphatic carbocycles. The number of pyridine rings is 1. The maximum Gasteiger partial charge on any atom is 0.252 e. The first-order valence-electron chi connectivity index (χ1n) is 8.59. The van der Waals surface area contributed by atoms with Crippen molar-refractivity contribution in [2.45, 2.75) is 13.8 Å². The lowest BCUT2D eigenvalue weighted by Gasteiger charge is -2.13. The summed E-state index contributed by atoms with van der Waals surface area (Å²) in [5.74, 6) is 0.513. The van der Waals surface area contributed by atoms with E-state index in [0.717, 1.165) is 27.7 Å². The van der Waals surface area contributed by atoms with E-state index in [4.69, 9.17) is 4.74 Å². The molecule has 0 aliphatic heterocycles. The van der Waals surface area contributed by atoms with Crippen LogP contribution in [0, 0.1) is 13.8 Å². The standard InChI is InChI=1S/C21H23N3O2/c1-14-8-9-15(2)19(12-14)24-20-13-17(21(25)22-10-11-26-3)16-6-4-5-7-18(16)23-20/h4-9,12-13H,10-11H2,1-3H3,(H,22,25)(H,23,24). The number of hydrogen-bond donors (Lipinski definition) is 2. The van der Waals surface area contributed by atoms with Gasteiger partial charge in [0.1, 0.15) is 5.82 Å². The molecule has 0 bridgehead atoms. The van der Waals surface area contributed by atoms with Crippen LogP contribution >= 0.6 is 0 Å². The number of rotatable bonds is 6. The van der Waals surface area contributed by atoms with Crippen LogP contribution in [0.15, 0.2) is 48.5 Å². The predicted molar refractivity (Wildman–Crippen MR) is 105 cm³/mol. The molecule has 5 heteroatoms. The largest absolute Gasteiger partial charge is 0.383 e. The Morgan fingerprint density at radius 2 is 1.92 bits per heavy atom.